The van der Waals surface area contributed by atoms with Gasteiger partial charge >= 0.3 is 5.97 Å². The van der Waals surface area contributed by atoms with E-state index in [-0.39, 0.29) is 87.3 Å². The van der Waals surface area contributed by atoms with E-state index in [0.29, 0.717) is 105 Å². The molecule has 0 spiro atoms. The van der Waals surface area contributed by atoms with Gasteiger partial charge in [0.15, 0.2) is 0 Å². The molecule has 17 rings (SSSR count). The zero-order valence-corrected chi connectivity index (χ0v) is 79.3. The summed E-state index contributed by atoms with van der Waals surface area (Å²) in [5.74, 6) is -2.15. The summed E-state index contributed by atoms with van der Waals surface area (Å²) in [6.07, 6.45) is 32.9. The summed E-state index contributed by atoms with van der Waals surface area (Å²) in [6.45, 7) is 10.7. The van der Waals surface area contributed by atoms with E-state index in [1.165, 1.54) is 50.1 Å². The molecule has 4 aromatic heterocycles. The Morgan fingerprint density at radius 3 is 0.978 bits per heavy atom. The van der Waals surface area contributed by atoms with Gasteiger partial charge in [0.25, 0.3) is 23.6 Å². The molecule has 139 heavy (non-hydrogen) atoms. The number of nitrogens with one attached hydrogen (secondary N) is 5. The maximum absolute atomic E-state index is 13.3. The first-order valence-corrected chi connectivity index (χ1v) is 47.5. The minimum atomic E-state index is -0.996. The SMILES string of the molecule is C1CCOC1.N[C@@H]1C[C@H]1c1ccc(F)cc1.O=C(N[C@@H](CCCN[C@@H]1C[C@H]1c1ccc(F)cc1)C(=O)N1CCCCC1)c1ccc(-n2cnnc2)cc1.O=C(N[C@@H](CCCO)C(=O)N1CCCCC1)c1ccc(-n2cnnc2)cc1.O=C(O)CC[C@H](NC(=O)c1ccc(-n2cnnc2)cc1)C(=O)N1CCCCC1.O=CCC[C@H](NC(=O)c1ccc(-n2cnnc2)cc1)C(=O)N1CCCCC1.[2H]C.[2H]CC.[B]. The monoisotopic (exact) mass is 1910 g/mol. The van der Waals surface area contributed by atoms with Crippen LogP contribution in [0.15, 0.2) is 196 Å². The van der Waals surface area contributed by atoms with Crippen LogP contribution in [0, 0.1) is 11.6 Å². The van der Waals surface area contributed by atoms with Crippen LogP contribution in [0.3, 0.4) is 0 Å². The molecule has 3 radical (unpaired) electrons. The number of carboxylic acid groups (broad SMARTS) is 1. The minimum absolute atomic E-state index is 0. The Balaban J connectivity index is 0.000000197. The van der Waals surface area contributed by atoms with E-state index in [9.17, 15) is 56.7 Å². The molecule has 8 amide bonds. The van der Waals surface area contributed by atoms with Gasteiger partial charge in [0.05, 0.1) is 0 Å². The lowest BCUT2D eigenvalue weighted by atomic mass is 10.1. The zero-order valence-electron chi connectivity index (χ0n) is 81.3. The number of piperidine rings is 4. The zero-order chi connectivity index (χ0) is 99.8. The highest BCUT2D eigenvalue weighted by molar-refractivity contribution is 6.00. The van der Waals surface area contributed by atoms with E-state index in [1.54, 1.807) is 171 Å². The van der Waals surface area contributed by atoms with Gasteiger partial charge in [0.1, 0.15) is 92.7 Å². The molecule has 0 bridgehead atoms. The van der Waals surface area contributed by atoms with Gasteiger partial charge in [-0.25, -0.2) is 8.78 Å². The normalized spacial score (nSPS) is 17.6. The predicted molar refractivity (Wildman–Crippen MR) is 521 cm³/mol. The smallest absolute Gasteiger partial charge is 0.303 e. The molecule has 9 N–H and O–H groups in total. The number of rotatable bonds is 32. The molecule has 0 unspecified atom stereocenters. The quantitative estimate of drug-likeness (QED) is 0.0110. The Kier molecular flexibility index (Phi) is 44.5. The third-order valence-electron chi connectivity index (χ3n) is 24.5. The average molecular weight is 1910 g/mol. The molecule has 10 aromatic rings. The fraction of sp³-hybridized carbons (Fsp3) is 0.465. The summed E-state index contributed by atoms with van der Waals surface area (Å²) in [6, 6.07) is 39.2. The Hall–Kier alpha value is -13.5. The highest BCUT2D eigenvalue weighted by Crippen LogP contribution is 2.41. The number of nitrogens with zero attached hydrogens (tertiary/aromatic N) is 16. The van der Waals surface area contributed by atoms with Gasteiger partial charge in [0.2, 0.25) is 23.6 Å². The van der Waals surface area contributed by atoms with Crippen LogP contribution in [0.2, 0.25) is 0 Å². The maximum atomic E-state index is 13.3. The Morgan fingerprint density at radius 1 is 0.432 bits per heavy atom. The van der Waals surface area contributed by atoms with Crippen molar-refractivity contribution >= 4 is 67.9 Å². The molecule has 38 heteroatoms. The highest BCUT2D eigenvalue weighted by atomic mass is 19.1. The number of nitrogens with two attached hydrogens (primary N) is 1. The van der Waals surface area contributed by atoms with Crippen molar-refractivity contribution in [1.29, 1.82) is 0 Å². The summed E-state index contributed by atoms with van der Waals surface area (Å²) in [7, 11) is 1.25. The molecule has 9 heterocycles. The van der Waals surface area contributed by atoms with Gasteiger partial charge in [-0.05, 0) is 280 Å². The number of benzene rings is 6. The van der Waals surface area contributed by atoms with Gasteiger partial charge in [-0.2, -0.15) is 0 Å². The molecule has 35 nitrogen and oxygen atoms in total. The van der Waals surface area contributed by atoms with E-state index in [0.717, 1.165) is 177 Å². The number of hydrogen-bond acceptors (Lipinski definition) is 22. The van der Waals surface area contributed by atoms with E-state index in [2.05, 4.69) is 67.4 Å². The van der Waals surface area contributed by atoms with Crippen molar-refractivity contribution in [3.8, 4) is 22.7 Å². The summed E-state index contributed by atoms with van der Waals surface area (Å²) in [5, 5.41) is 63.1. The van der Waals surface area contributed by atoms with Gasteiger partial charge in [-0.3, -0.25) is 61.4 Å². The molecule has 5 aliphatic heterocycles. The first-order chi connectivity index (χ1) is 68.2. The second-order valence-corrected chi connectivity index (χ2v) is 34.3. The largest absolute Gasteiger partial charge is 0.481 e. The van der Waals surface area contributed by atoms with Crippen molar-refractivity contribution in [2.24, 2.45) is 5.73 Å². The third-order valence-corrected chi connectivity index (χ3v) is 24.5. The second kappa shape index (κ2) is 58.3. The molecule has 2 saturated carbocycles. The van der Waals surface area contributed by atoms with Crippen LogP contribution >= 0.6 is 0 Å². The van der Waals surface area contributed by atoms with Crippen LogP contribution in [0.4, 0.5) is 8.78 Å². The van der Waals surface area contributed by atoms with Crippen molar-refractivity contribution in [3.63, 3.8) is 0 Å². The predicted octanol–water partition coefficient (Wildman–Crippen LogP) is 10.9. The van der Waals surface area contributed by atoms with Crippen LogP contribution in [-0.2, 0) is 33.5 Å². The second-order valence-electron chi connectivity index (χ2n) is 34.3. The summed E-state index contributed by atoms with van der Waals surface area (Å²) in [5.41, 5.74) is 13.1. The number of aliphatic hydroxyl groups is 1. The number of carbonyl (C=O) groups excluding carboxylic acids is 9. The molecule has 5 saturated heterocycles. The van der Waals surface area contributed by atoms with Crippen LogP contribution in [0.25, 0.3) is 22.7 Å². The maximum Gasteiger partial charge on any atom is 0.303 e. The fourth-order valence-corrected chi connectivity index (χ4v) is 16.5. The molecule has 6 aromatic carbocycles. The van der Waals surface area contributed by atoms with Crippen LogP contribution in [0.1, 0.15) is 242 Å². The van der Waals surface area contributed by atoms with E-state index in [4.69, 9.17) is 23.4 Å². The number of carbonyl (C=O) groups is 10. The summed E-state index contributed by atoms with van der Waals surface area (Å²) < 4.78 is 49.5. The molecule has 741 valence electrons. The van der Waals surface area contributed by atoms with E-state index < -0.39 is 36.0 Å². The third kappa shape index (κ3) is 34.9. The number of ether oxygens (including phenoxy) is 1. The summed E-state index contributed by atoms with van der Waals surface area (Å²) in [4.78, 5) is 132. The standard InChI is InChI=1S/C28H33FN6O2.C19H23N5O4.C19H25N5O3.C19H23N5O3.C9H10FN.C4H8O.C2H6.CH4.B/c29-22-10-6-20(7-11-22)24-17-26(24)30-14-4-5-25(28(37)34-15-2-1-3-16-34)33-27(36)21-8-12-23(13-9-21)35-18-31-32-19-35;25-17(26)9-8-16(19(28)23-10-2-1-3-11-23)22-18(27)14-4-6-15(7-5-14)24-12-20-21-13-24;2*25-12-4-5-17(19(27)23-10-2-1-3-11-23)22-18(26)15-6-8-16(9-7-15)24-13-20-21-14-24;10-7-3-1-6(2-4-7)8-5-9(8)11;1-2-4-5-3-1;1-2;;/h6-13,18-19,24-26,30H,1-5,14-17H2,(H,33,36);4-7,12-13,16H,1-3,8-11H2,(H,22,27)(H,25,26);6-9,13-14,17,25H,1-5,10-12H2,(H,22,26);6-9,12-14,17H,1-5,10-11H2,(H,22,26);1-4,8-9H,5,11H2;1-4H2;1-2H3;1H4;/t24-,25-,26+;16-;2*17-;8-,9+;;;;/m00000..../s1/i;;;;;;2*1D;. The summed E-state index contributed by atoms with van der Waals surface area (Å²) >= 11 is 0. The van der Waals surface area contributed by atoms with Crippen molar-refractivity contribution in [3.05, 3.63) is 241 Å². The Bertz CT molecular complexity index is 5350. The lowest BCUT2D eigenvalue weighted by molar-refractivity contribution is -0.138. The number of aromatic nitrogens is 12. The number of amides is 8. The highest BCUT2D eigenvalue weighted by Gasteiger charge is 2.39. The number of carboxylic acids is 1. The van der Waals surface area contributed by atoms with Crippen LogP contribution in [-0.4, -0.2) is 272 Å². The number of likely N-dealkylation sites (tertiary alicyclic amines) is 4. The van der Waals surface area contributed by atoms with Crippen LogP contribution < -0.4 is 32.3 Å². The number of hydrogen-bond donors (Lipinski definition) is 8. The van der Waals surface area contributed by atoms with Crippen LogP contribution in [0.5, 0.6) is 0 Å². The molecular weight excluding hydrogens is 1780 g/mol. The van der Waals surface area contributed by atoms with Gasteiger partial charge < -0.3 is 71.7 Å². The molecule has 8 atom stereocenters. The Morgan fingerprint density at radius 2 is 0.712 bits per heavy atom. The number of aliphatic hydroxyl groups excluding tert-OH is 1. The topological polar surface area (TPSA) is 442 Å². The lowest BCUT2D eigenvalue weighted by Gasteiger charge is -2.31. The average Bonchev–Trinajstić information content (AvgIpc) is 2.09. The van der Waals surface area contributed by atoms with Crippen molar-refractivity contribution in [2.75, 3.05) is 78.7 Å². The van der Waals surface area contributed by atoms with Crippen molar-refractivity contribution in [1.82, 2.24) is 105 Å². The number of aliphatic carboxylic acids is 1. The molecular formula is C101H132BF2N22O13. The first kappa shape index (κ1) is 106. The number of aldehydes is 1. The van der Waals surface area contributed by atoms with Crippen molar-refractivity contribution in [2.45, 2.75) is 223 Å². The molecule has 7 fully saturated rings. The van der Waals surface area contributed by atoms with E-state index in [1.807, 2.05) is 46.2 Å². The molecule has 2 aliphatic carbocycles. The van der Waals surface area contributed by atoms with E-state index >= 15 is 0 Å². The van der Waals surface area contributed by atoms with Gasteiger partial charge in [-0.15, -0.1) is 40.8 Å². The van der Waals surface area contributed by atoms with Gasteiger partial charge in [-0.1, -0.05) is 45.5 Å². The lowest BCUT2D eigenvalue weighted by Crippen LogP contribution is -2.50. The first-order valence-electron chi connectivity index (χ1n) is 49.2. The van der Waals surface area contributed by atoms with Gasteiger partial charge in [0, 0.05) is 165 Å². The minimum Gasteiger partial charge on any atom is -0.481 e. The Labute approximate surface area is 815 Å². The number of halogens is 2. The van der Waals surface area contributed by atoms with Crippen molar-refractivity contribution < 1.29 is 74.4 Å². The fourth-order valence-electron chi connectivity index (χ4n) is 16.5. The molecule has 7 aliphatic rings.